The van der Waals surface area contributed by atoms with Crippen LogP contribution in [-0.4, -0.2) is 39.2 Å². The lowest BCUT2D eigenvalue weighted by molar-refractivity contribution is 0.0787. The number of para-hydroxylation sites is 2. The minimum absolute atomic E-state index is 0.00713. The smallest absolute Gasteiger partial charge is 0.253 e. The molecule has 0 saturated carbocycles. The number of Topliss-reactive ketones (excluding diaryl/α,β-unsaturated/α-hetero) is 1. The van der Waals surface area contributed by atoms with Crippen molar-refractivity contribution in [1.82, 2.24) is 14.5 Å². The molecule has 1 amide bonds. The van der Waals surface area contributed by atoms with Gasteiger partial charge in [0.05, 0.1) is 17.1 Å². The summed E-state index contributed by atoms with van der Waals surface area (Å²) in [5, 5.41) is 0. The molecular formula is C21H21N3O2. The van der Waals surface area contributed by atoms with E-state index in [0.717, 1.165) is 29.8 Å². The Hall–Kier alpha value is -2.95. The summed E-state index contributed by atoms with van der Waals surface area (Å²) in [6.45, 7) is 4.95. The number of likely N-dealkylation sites (tertiary alicyclic amines) is 1. The van der Waals surface area contributed by atoms with E-state index in [1.165, 1.54) is 6.92 Å². The van der Waals surface area contributed by atoms with Gasteiger partial charge >= 0.3 is 0 Å². The van der Waals surface area contributed by atoms with Crippen molar-refractivity contribution in [2.75, 3.05) is 13.1 Å². The van der Waals surface area contributed by atoms with Crippen molar-refractivity contribution in [2.45, 2.75) is 26.3 Å². The Morgan fingerprint density at radius 1 is 1.04 bits per heavy atom. The lowest BCUT2D eigenvalue weighted by atomic mass is 10.1. The lowest BCUT2D eigenvalue weighted by Crippen LogP contribution is -2.29. The van der Waals surface area contributed by atoms with Gasteiger partial charge in [-0.15, -0.1) is 0 Å². The molecule has 1 atom stereocenters. The molecule has 0 bridgehead atoms. The zero-order valence-corrected chi connectivity index (χ0v) is 15.0. The van der Waals surface area contributed by atoms with Gasteiger partial charge in [-0.05, 0) is 44.5 Å². The van der Waals surface area contributed by atoms with Crippen LogP contribution in [0.1, 0.15) is 45.9 Å². The summed E-state index contributed by atoms with van der Waals surface area (Å²) in [4.78, 5) is 30.7. The van der Waals surface area contributed by atoms with Crippen molar-refractivity contribution < 1.29 is 9.59 Å². The third-order valence-electron chi connectivity index (χ3n) is 5.13. The molecule has 1 fully saturated rings. The standard InChI is InChI=1S/C21H21N3O2/c1-14(25)16-7-9-17(10-8-16)21(26)23-12-11-18(13-23)24-15(2)22-19-5-3-4-6-20(19)24/h3-10,18H,11-13H2,1-2H3/t18-/m0/s1. The van der Waals surface area contributed by atoms with E-state index in [1.807, 2.05) is 30.0 Å². The fourth-order valence-corrected chi connectivity index (χ4v) is 3.79. The van der Waals surface area contributed by atoms with Gasteiger partial charge in [-0.2, -0.15) is 0 Å². The molecule has 2 aromatic carbocycles. The molecule has 132 valence electrons. The number of aromatic nitrogens is 2. The zero-order valence-electron chi connectivity index (χ0n) is 15.0. The number of nitrogens with zero attached hydrogens (tertiary/aromatic N) is 3. The first kappa shape index (κ1) is 16.5. The van der Waals surface area contributed by atoms with Gasteiger partial charge in [-0.3, -0.25) is 9.59 Å². The number of imidazole rings is 1. The minimum Gasteiger partial charge on any atom is -0.336 e. The number of aryl methyl sites for hydroxylation is 1. The number of carbonyl (C=O) groups is 2. The summed E-state index contributed by atoms with van der Waals surface area (Å²) in [5.74, 6) is 1.01. The van der Waals surface area contributed by atoms with Gasteiger partial charge in [0.25, 0.3) is 5.91 Å². The Kier molecular flexibility index (Phi) is 4.07. The normalized spacial score (nSPS) is 17.0. The van der Waals surface area contributed by atoms with Gasteiger partial charge in [-0.1, -0.05) is 24.3 Å². The average Bonchev–Trinajstić information content (AvgIpc) is 3.24. The highest BCUT2D eigenvalue weighted by Crippen LogP contribution is 2.28. The highest BCUT2D eigenvalue weighted by molar-refractivity contribution is 5.97. The summed E-state index contributed by atoms with van der Waals surface area (Å²) in [5.41, 5.74) is 3.37. The van der Waals surface area contributed by atoms with E-state index in [1.54, 1.807) is 24.3 Å². The summed E-state index contributed by atoms with van der Waals surface area (Å²) in [6.07, 6.45) is 0.915. The minimum atomic E-state index is 0.00713. The first-order valence-electron chi connectivity index (χ1n) is 8.88. The van der Waals surface area contributed by atoms with Crippen LogP contribution in [0.25, 0.3) is 11.0 Å². The Bertz CT molecular complexity index is 988. The maximum Gasteiger partial charge on any atom is 0.253 e. The number of rotatable bonds is 3. The van der Waals surface area contributed by atoms with Crippen molar-refractivity contribution >= 4 is 22.7 Å². The summed E-state index contributed by atoms with van der Waals surface area (Å²) in [7, 11) is 0. The van der Waals surface area contributed by atoms with Crippen molar-refractivity contribution in [3.63, 3.8) is 0 Å². The summed E-state index contributed by atoms with van der Waals surface area (Å²) < 4.78 is 2.25. The Morgan fingerprint density at radius 3 is 2.46 bits per heavy atom. The summed E-state index contributed by atoms with van der Waals surface area (Å²) >= 11 is 0. The molecule has 0 N–H and O–H groups in total. The number of benzene rings is 2. The molecule has 5 heteroatoms. The van der Waals surface area contributed by atoms with E-state index in [9.17, 15) is 9.59 Å². The van der Waals surface area contributed by atoms with Crippen LogP contribution in [0.15, 0.2) is 48.5 Å². The van der Waals surface area contributed by atoms with Crippen molar-refractivity contribution in [3.05, 3.63) is 65.5 Å². The van der Waals surface area contributed by atoms with E-state index in [0.29, 0.717) is 17.7 Å². The van der Waals surface area contributed by atoms with E-state index in [-0.39, 0.29) is 17.7 Å². The molecule has 1 saturated heterocycles. The number of ketones is 1. The first-order valence-corrected chi connectivity index (χ1v) is 8.88. The molecule has 0 aliphatic carbocycles. The van der Waals surface area contributed by atoms with E-state index >= 15 is 0 Å². The van der Waals surface area contributed by atoms with Gasteiger partial charge in [0.1, 0.15) is 5.82 Å². The molecule has 3 aromatic rings. The molecule has 2 heterocycles. The van der Waals surface area contributed by atoms with Crippen LogP contribution in [0.4, 0.5) is 0 Å². The van der Waals surface area contributed by atoms with Crippen molar-refractivity contribution in [3.8, 4) is 0 Å². The third kappa shape index (κ3) is 2.79. The van der Waals surface area contributed by atoms with Gasteiger partial charge in [0.2, 0.25) is 0 Å². The quantitative estimate of drug-likeness (QED) is 0.680. The van der Waals surface area contributed by atoms with Crippen LogP contribution in [0, 0.1) is 6.92 Å². The zero-order chi connectivity index (χ0) is 18.3. The maximum absolute atomic E-state index is 12.8. The van der Waals surface area contributed by atoms with Crippen LogP contribution >= 0.6 is 0 Å². The number of fused-ring (bicyclic) bond motifs is 1. The molecule has 0 unspecified atom stereocenters. The van der Waals surface area contributed by atoms with Gasteiger partial charge in [-0.25, -0.2) is 4.98 Å². The van der Waals surface area contributed by atoms with Crippen molar-refractivity contribution in [1.29, 1.82) is 0 Å². The van der Waals surface area contributed by atoms with E-state index in [4.69, 9.17) is 0 Å². The lowest BCUT2D eigenvalue weighted by Gasteiger charge is -2.18. The van der Waals surface area contributed by atoms with Crippen LogP contribution in [-0.2, 0) is 0 Å². The molecule has 1 aliphatic rings. The van der Waals surface area contributed by atoms with Crippen LogP contribution in [0.2, 0.25) is 0 Å². The van der Waals surface area contributed by atoms with Crippen LogP contribution < -0.4 is 0 Å². The van der Waals surface area contributed by atoms with E-state index in [2.05, 4.69) is 15.6 Å². The molecule has 0 spiro atoms. The molecule has 0 radical (unpaired) electrons. The number of hydrogen-bond acceptors (Lipinski definition) is 3. The Balaban J connectivity index is 1.55. The number of amides is 1. The maximum atomic E-state index is 12.8. The molecule has 26 heavy (non-hydrogen) atoms. The predicted octanol–water partition coefficient (Wildman–Crippen LogP) is 3.63. The van der Waals surface area contributed by atoms with Gasteiger partial charge in [0.15, 0.2) is 5.78 Å². The Labute approximate surface area is 152 Å². The fourth-order valence-electron chi connectivity index (χ4n) is 3.79. The topological polar surface area (TPSA) is 55.2 Å². The molecular weight excluding hydrogens is 326 g/mol. The number of hydrogen-bond donors (Lipinski definition) is 0. The second-order valence-electron chi connectivity index (χ2n) is 6.84. The van der Waals surface area contributed by atoms with Crippen molar-refractivity contribution in [2.24, 2.45) is 0 Å². The second kappa shape index (κ2) is 6.41. The Morgan fingerprint density at radius 2 is 1.73 bits per heavy atom. The largest absolute Gasteiger partial charge is 0.336 e. The SMILES string of the molecule is CC(=O)c1ccc(C(=O)N2CC[C@H](n3c(C)nc4ccccc43)C2)cc1. The molecule has 5 nitrogen and oxygen atoms in total. The summed E-state index contributed by atoms with van der Waals surface area (Å²) in [6, 6.07) is 15.3. The predicted molar refractivity (Wildman–Crippen MR) is 100 cm³/mol. The fraction of sp³-hybridized carbons (Fsp3) is 0.286. The van der Waals surface area contributed by atoms with Crippen LogP contribution in [0.3, 0.4) is 0 Å². The third-order valence-corrected chi connectivity index (χ3v) is 5.13. The first-order chi connectivity index (χ1) is 12.5. The monoisotopic (exact) mass is 347 g/mol. The van der Waals surface area contributed by atoms with Crippen LogP contribution in [0.5, 0.6) is 0 Å². The van der Waals surface area contributed by atoms with Gasteiger partial charge in [0, 0.05) is 24.2 Å². The van der Waals surface area contributed by atoms with E-state index < -0.39 is 0 Å². The number of carbonyl (C=O) groups excluding carboxylic acids is 2. The highest BCUT2D eigenvalue weighted by atomic mass is 16.2. The van der Waals surface area contributed by atoms with Gasteiger partial charge < -0.3 is 9.47 Å². The average molecular weight is 347 g/mol. The molecule has 1 aromatic heterocycles. The second-order valence-corrected chi connectivity index (χ2v) is 6.84. The highest BCUT2D eigenvalue weighted by Gasteiger charge is 2.29. The molecule has 4 rings (SSSR count). The molecule has 1 aliphatic heterocycles.